The zero-order chi connectivity index (χ0) is 15.9. The molecule has 4 rings (SSSR count). The van der Waals surface area contributed by atoms with Gasteiger partial charge in [0.25, 0.3) is 5.91 Å². The molecule has 0 unspecified atom stereocenters. The first-order valence-corrected chi connectivity index (χ1v) is 8.15. The molecular weight excluding hydrogens is 284 g/mol. The first-order chi connectivity index (χ1) is 11.2. The van der Waals surface area contributed by atoms with Crippen LogP contribution in [0.4, 0.5) is 0 Å². The van der Waals surface area contributed by atoms with Crippen molar-refractivity contribution in [3.8, 4) is 6.07 Å². The van der Waals surface area contributed by atoms with Crippen molar-refractivity contribution in [2.75, 3.05) is 0 Å². The SMILES string of the molecule is N#Cc1cccc(C2(NC(=O)c3ccc4c(c3)CCC4)CC2)c1. The second kappa shape index (κ2) is 5.24. The molecule has 0 saturated heterocycles. The van der Waals surface area contributed by atoms with Gasteiger partial charge in [0.2, 0.25) is 0 Å². The lowest BCUT2D eigenvalue weighted by molar-refractivity contribution is 0.0930. The molecule has 23 heavy (non-hydrogen) atoms. The van der Waals surface area contributed by atoms with Crippen molar-refractivity contribution in [1.82, 2.24) is 5.32 Å². The van der Waals surface area contributed by atoms with E-state index in [1.165, 1.54) is 17.5 Å². The lowest BCUT2D eigenvalue weighted by atomic mass is 10.0. The van der Waals surface area contributed by atoms with Crippen LogP contribution in [-0.2, 0) is 18.4 Å². The predicted octanol–water partition coefficient (Wildman–Crippen LogP) is 3.47. The molecule has 0 atom stereocenters. The van der Waals surface area contributed by atoms with E-state index >= 15 is 0 Å². The number of fused-ring (bicyclic) bond motifs is 1. The number of benzene rings is 2. The van der Waals surface area contributed by atoms with Gasteiger partial charge in [-0.25, -0.2) is 0 Å². The second-order valence-corrected chi connectivity index (χ2v) is 6.57. The number of hydrogen-bond acceptors (Lipinski definition) is 2. The minimum atomic E-state index is -0.289. The molecule has 1 N–H and O–H groups in total. The summed E-state index contributed by atoms with van der Waals surface area (Å²) in [6.45, 7) is 0. The first-order valence-electron chi connectivity index (χ1n) is 8.15. The number of nitrogens with zero attached hydrogens (tertiary/aromatic N) is 1. The van der Waals surface area contributed by atoms with E-state index in [1.807, 2.05) is 30.3 Å². The Hall–Kier alpha value is -2.60. The Morgan fingerprint density at radius 2 is 1.91 bits per heavy atom. The van der Waals surface area contributed by atoms with E-state index < -0.39 is 0 Å². The van der Waals surface area contributed by atoms with Gasteiger partial charge in [-0.1, -0.05) is 18.2 Å². The number of nitriles is 1. The van der Waals surface area contributed by atoms with Gasteiger partial charge in [0.15, 0.2) is 0 Å². The van der Waals surface area contributed by atoms with Crippen LogP contribution < -0.4 is 5.32 Å². The average molecular weight is 302 g/mol. The van der Waals surface area contributed by atoms with E-state index in [0.717, 1.165) is 36.8 Å². The number of carbonyl (C=O) groups excluding carboxylic acids is 1. The van der Waals surface area contributed by atoms with Crippen LogP contribution in [0, 0.1) is 11.3 Å². The number of aryl methyl sites for hydroxylation is 2. The van der Waals surface area contributed by atoms with Gasteiger partial charge >= 0.3 is 0 Å². The summed E-state index contributed by atoms with van der Waals surface area (Å²) in [6.07, 6.45) is 5.25. The van der Waals surface area contributed by atoms with Crippen molar-refractivity contribution in [2.45, 2.75) is 37.6 Å². The third-order valence-corrected chi connectivity index (χ3v) is 5.01. The zero-order valence-corrected chi connectivity index (χ0v) is 12.9. The van der Waals surface area contributed by atoms with Crippen molar-refractivity contribution in [2.24, 2.45) is 0 Å². The minimum absolute atomic E-state index is 0.0143. The van der Waals surface area contributed by atoms with Crippen molar-refractivity contribution < 1.29 is 4.79 Å². The Morgan fingerprint density at radius 1 is 1.09 bits per heavy atom. The maximum Gasteiger partial charge on any atom is 0.251 e. The van der Waals surface area contributed by atoms with Crippen LogP contribution in [0.2, 0.25) is 0 Å². The Morgan fingerprint density at radius 3 is 2.70 bits per heavy atom. The predicted molar refractivity (Wildman–Crippen MR) is 88.0 cm³/mol. The lowest BCUT2D eigenvalue weighted by Gasteiger charge is -2.18. The summed E-state index contributed by atoms with van der Waals surface area (Å²) in [5, 5.41) is 12.3. The molecule has 0 spiro atoms. The van der Waals surface area contributed by atoms with Gasteiger partial charge in [-0.2, -0.15) is 5.26 Å². The molecule has 3 nitrogen and oxygen atoms in total. The highest BCUT2D eigenvalue weighted by atomic mass is 16.1. The first kappa shape index (κ1) is 14.0. The van der Waals surface area contributed by atoms with Crippen molar-refractivity contribution >= 4 is 5.91 Å². The summed E-state index contributed by atoms with van der Waals surface area (Å²) in [6, 6.07) is 15.8. The van der Waals surface area contributed by atoms with Gasteiger partial charge in [0, 0.05) is 5.56 Å². The average Bonchev–Trinajstić information content (AvgIpc) is 3.21. The second-order valence-electron chi connectivity index (χ2n) is 6.57. The van der Waals surface area contributed by atoms with Crippen LogP contribution >= 0.6 is 0 Å². The van der Waals surface area contributed by atoms with Crippen LogP contribution in [0.1, 0.15) is 51.9 Å². The fourth-order valence-corrected chi connectivity index (χ4v) is 3.50. The molecule has 0 radical (unpaired) electrons. The van der Waals surface area contributed by atoms with Gasteiger partial charge in [-0.05, 0) is 73.1 Å². The van der Waals surface area contributed by atoms with Crippen molar-refractivity contribution in [3.05, 3.63) is 70.3 Å². The Labute approximate surface area is 136 Å². The van der Waals surface area contributed by atoms with E-state index in [4.69, 9.17) is 5.26 Å². The monoisotopic (exact) mass is 302 g/mol. The zero-order valence-electron chi connectivity index (χ0n) is 12.9. The molecule has 0 bridgehead atoms. The van der Waals surface area contributed by atoms with Gasteiger partial charge < -0.3 is 5.32 Å². The molecule has 2 aromatic rings. The number of rotatable bonds is 3. The largest absolute Gasteiger partial charge is 0.343 e. The molecule has 3 heteroatoms. The molecule has 2 aromatic carbocycles. The smallest absolute Gasteiger partial charge is 0.251 e. The number of carbonyl (C=O) groups is 1. The van der Waals surface area contributed by atoms with E-state index in [-0.39, 0.29) is 11.4 Å². The third kappa shape index (κ3) is 2.51. The van der Waals surface area contributed by atoms with Crippen LogP contribution in [0.15, 0.2) is 42.5 Å². The molecule has 0 heterocycles. The van der Waals surface area contributed by atoms with E-state index in [1.54, 1.807) is 6.07 Å². The topological polar surface area (TPSA) is 52.9 Å². The molecule has 1 fully saturated rings. The van der Waals surface area contributed by atoms with E-state index in [0.29, 0.717) is 5.56 Å². The van der Waals surface area contributed by atoms with Crippen molar-refractivity contribution in [3.63, 3.8) is 0 Å². The maximum absolute atomic E-state index is 12.7. The van der Waals surface area contributed by atoms with E-state index in [2.05, 4.69) is 17.5 Å². The normalized spacial score (nSPS) is 17.2. The van der Waals surface area contributed by atoms with Gasteiger partial charge in [-0.15, -0.1) is 0 Å². The summed E-state index contributed by atoms with van der Waals surface area (Å²) in [5.74, 6) is -0.0143. The molecule has 0 aliphatic heterocycles. The highest BCUT2D eigenvalue weighted by molar-refractivity contribution is 5.95. The molecule has 1 saturated carbocycles. The van der Waals surface area contributed by atoms with Crippen LogP contribution in [0.3, 0.4) is 0 Å². The fraction of sp³-hybridized carbons (Fsp3) is 0.300. The summed E-state index contributed by atoms with van der Waals surface area (Å²) >= 11 is 0. The minimum Gasteiger partial charge on any atom is -0.343 e. The molecule has 2 aliphatic rings. The van der Waals surface area contributed by atoms with Crippen LogP contribution in [0.25, 0.3) is 0 Å². The van der Waals surface area contributed by atoms with Gasteiger partial charge in [0.05, 0.1) is 17.2 Å². The van der Waals surface area contributed by atoms with Crippen LogP contribution in [0.5, 0.6) is 0 Å². The summed E-state index contributed by atoms with van der Waals surface area (Å²) < 4.78 is 0. The van der Waals surface area contributed by atoms with Gasteiger partial charge in [0.1, 0.15) is 0 Å². The highest BCUT2D eigenvalue weighted by Crippen LogP contribution is 2.45. The Bertz CT molecular complexity index is 828. The third-order valence-electron chi connectivity index (χ3n) is 5.01. The maximum atomic E-state index is 12.7. The molecule has 2 aliphatic carbocycles. The van der Waals surface area contributed by atoms with Gasteiger partial charge in [-0.3, -0.25) is 4.79 Å². The molecular formula is C20H18N2O. The highest BCUT2D eigenvalue weighted by Gasteiger charge is 2.45. The number of hydrogen-bond donors (Lipinski definition) is 1. The Kier molecular flexibility index (Phi) is 3.20. The number of nitrogens with one attached hydrogen (secondary N) is 1. The lowest BCUT2D eigenvalue weighted by Crippen LogP contribution is -2.34. The summed E-state index contributed by atoms with van der Waals surface area (Å²) in [4.78, 5) is 12.7. The molecule has 114 valence electrons. The summed E-state index contributed by atoms with van der Waals surface area (Å²) in [7, 11) is 0. The summed E-state index contributed by atoms with van der Waals surface area (Å²) in [5.41, 5.74) is 4.82. The Balaban J connectivity index is 1.57. The molecule has 0 aromatic heterocycles. The number of amides is 1. The van der Waals surface area contributed by atoms with E-state index in [9.17, 15) is 4.79 Å². The fourth-order valence-electron chi connectivity index (χ4n) is 3.50. The molecule has 1 amide bonds. The van der Waals surface area contributed by atoms with Crippen molar-refractivity contribution in [1.29, 1.82) is 5.26 Å². The standard InChI is InChI=1S/C20H18N2O/c21-13-14-3-1-6-18(11-14)20(9-10-20)22-19(23)17-8-7-15-4-2-5-16(15)12-17/h1,3,6-8,11-12H,2,4-5,9-10H2,(H,22,23). The quantitative estimate of drug-likeness (QED) is 0.944. The van der Waals surface area contributed by atoms with Crippen LogP contribution in [-0.4, -0.2) is 5.91 Å².